The van der Waals surface area contributed by atoms with Gasteiger partial charge in [0.15, 0.2) is 0 Å². The molecular weight excluding hydrogens is 306 g/mol. The van der Waals surface area contributed by atoms with E-state index in [2.05, 4.69) is 70.8 Å². The summed E-state index contributed by atoms with van der Waals surface area (Å²) in [7, 11) is 0. The number of hydrogen-bond acceptors (Lipinski definition) is 2. The number of aromatic nitrogens is 2. The van der Waals surface area contributed by atoms with Gasteiger partial charge in [-0.25, -0.2) is 4.68 Å². The molecule has 0 amide bonds. The molecule has 2 heterocycles. The average molecular weight is 331 g/mol. The summed E-state index contributed by atoms with van der Waals surface area (Å²) in [5, 5.41) is 4.55. The minimum absolute atomic E-state index is 0.635. The van der Waals surface area contributed by atoms with Gasteiger partial charge in [0.05, 0.1) is 11.9 Å². The zero-order chi connectivity index (χ0) is 16.9. The maximum atomic E-state index is 4.55. The Morgan fingerprint density at radius 1 is 0.880 bits per heavy atom. The molecule has 3 heteroatoms. The molecule has 0 bridgehead atoms. The molecule has 0 saturated carbocycles. The molecule has 0 spiro atoms. The summed E-state index contributed by atoms with van der Waals surface area (Å²) < 4.78 is 1.98. The highest BCUT2D eigenvalue weighted by Crippen LogP contribution is 2.23. The number of likely N-dealkylation sites (tertiary alicyclic amines) is 1. The van der Waals surface area contributed by atoms with Crippen LogP contribution in [-0.2, 0) is 13.0 Å². The first kappa shape index (κ1) is 16.1. The first-order valence-corrected chi connectivity index (χ1v) is 9.25. The molecule has 1 atom stereocenters. The lowest BCUT2D eigenvalue weighted by atomic mass is 9.95. The topological polar surface area (TPSA) is 21.1 Å². The molecule has 0 N–H and O–H groups in total. The highest BCUT2D eigenvalue weighted by molar-refractivity contribution is 5.31. The molecule has 4 rings (SSSR count). The third-order valence-corrected chi connectivity index (χ3v) is 5.11. The van der Waals surface area contributed by atoms with Gasteiger partial charge in [-0.1, -0.05) is 55.0 Å². The van der Waals surface area contributed by atoms with Gasteiger partial charge in [-0.15, -0.1) is 0 Å². The van der Waals surface area contributed by atoms with Crippen molar-refractivity contribution in [3.63, 3.8) is 0 Å². The van der Waals surface area contributed by atoms with Gasteiger partial charge in [-0.05, 0) is 43.5 Å². The Labute approximate surface area is 149 Å². The monoisotopic (exact) mass is 331 g/mol. The Kier molecular flexibility index (Phi) is 4.93. The van der Waals surface area contributed by atoms with Crippen LogP contribution < -0.4 is 0 Å². The van der Waals surface area contributed by atoms with Crippen LogP contribution in [0.1, 0.15) is 30.4 Å². The van der Waals surface area contributed by atoms with Gasteiger partial charge in [0.1, 0.15) is 0 Å². The van der Waals surface area contributed by atoms with Crippen LogP contribution in [0.2, 0.25) is 0 Å². The van der Waals surface area contributed by atoms with Crippen LogP contribution >= 0.6 is 0 Å². The van der Waals surface area contributed by atoms with Gasteiger partial charge < -0.3 is 0 Å². The molecule has 25 heavy (non-hydrogen) atoms. The zero-order valence-corrected chi connectivity index (χ0v) is 14.6. The number of rotatable bonds is 5. The number of piperidine rings is 1. The molecule has 1 fully saturated rings. The quantitative estimate of drug-likeness (QED) is 0.688. The van der Waals surface area contributed by atoms with Crippen molar-refractivity contribution >= 4 is 0 Å². The predicted octanol–water partition coefficient (Wildman–Crippen LogP) is 4.47. The van der Waals surface area contributed by atoms with Gasteiger partial charge in [-0.2, -0.15) is 5.10 Å². The van der Waals surface area contributed by atoms with E-state index < -0.39 is 0 Å². The van der Waals surface area contributed by atoms with Crippen LogP contribution in [-0.4, -0.2) is 27.3 Å². The van der Waals surface area contributed by atoms with Gasteiger partial charge in [0.25, 0.3) is 0 Å². The molecule has 1 aliphatic rings. The SMILES string of the molecule is c1ccc(CC2CCCCN2Cc2cnn(-c3ccccc3)c2)cc1. The first-order valence-electron chi connectivity index (χ1n) is 9.25. The predicted molar refractivity (Wildman–Crippen MR) is 102 cm³/mol. The van der Waals surface area contributed by atoms with Crippen LogP contribution in [0, 0.1) is 0 Å². The van der Waals surface area contributed by atoms with Crippen LogP contribution in [0.4, 0.5) is 0 Å². The molecule has 0 radical (unpaired) electrons. The van der Waals surface area contributed by atoms with Crippen molar-refractivity contribution in [3.05, 3.63) is 84.2 Å². The fourth-order valence-electron chi connectivity index (χ4n) is 3.78. The summed E-state index contributed by atoms with van der Waals surface area (Å²) in [5.74, 6) is 0. The van der Waals surface area contributed by atoms with E-state index in [1.54, 1.807) is 0 Å². The van der Waals surface area contributed by atoms with Gasteiger partial charge in [0.2, 0.25) is 0 Å². The molecule has 1 aromatic heterocycles. The lowest BCUT2D eigenvalue weighted by Gasteiger charge is -2.35. The molecule has 1 saturated heterocycles. The summed E-state index contributed by atoms with van der Waals surface area (Å²) in [5.41, 5.74) is 3.86. The molecular formula is C22H25N3. The maximum absolute atomic E-state index is 4.55. The van der Waals surface area contributed by atoms with Crippen molar-refractivity contribution in [1.29, 1.82) is 0 Å². The Bertz CT molecular complexity index is 779. The van der Waals surface area contributed by atoms with E-state index in [1.165, 1.54) is 36.9 Å². The Morgan fingerprint density at radius 3 is 2.44 bits per heavy atom. The van der Waals surface area contributed by atoms with Crippen molar-refractivity contribution in [3.8, 4) is 5.69 Å². The largest absolute Gasteiger partial charge is 0.296 e. The highest BCUT2D eigenvalue weighted by Gasteiger charge is 2.23. The molecule has 0 aliphatic carbocycles. The van der Waals surface area contributed by atoms with Gasteiger partial charge in [-0.3, -0.25) is 4.90 Å². The van der Waals surface area contributed by atoms with E-state index in [0.29, 0.717) is 6.04 Å². The van der Waals surface area contributed by atoms with Crippen molar-refractivity contribution in [2.45, 2.75) is 38.3 Å². The van der Waals surface area contributed by atoms with Crippen LogP contribution in [0.25, 0.3) is 5.69 Å². The average Bonchev–Trinajstić information content (AvgIpc) is 3.14. The van der Waals surface area contributed by atoms with Gasteiger partial charge in [0, 0.05) is 24.3 Å². The second-order valence-corrected chi connectivity index (χ2v) is 6.94. The van der Waals surface area contributed by atoms with E-state index in [0.717, 1.165) is 18.7 Å². The Hall–Kier alpha value is -2.39. The fourth-order valence-corrected chi connectivity index (χ4v) is 3.78. The first-order chi connectivity index (χ1) is 12.4. The summed E-state index contributed by atoms with van der Waals surface area (Å²) in [4.78, 5) is 2.64. The minimum Gasteiger partial charge on any atom is -0.296 e. The van der Waals surface area contributed by atoms with E-state index >= 15 is 0 Å². The van der Waals surface area contributed by atoms with Crippen molar-refractivity contribution in [1.82, 2.24) is 14.7 Å². The van der Waals surface area contributed by atoms with Crippen molar-refractivity contribution in [2.24, 2.45) is 0 Å². The van der Waals surface area contributed by atoms with E-state index in [9.17, 15) is 0 Å². The molecule has 2 aromatic carbocycles. The number of benzene rings is 2. The number of nitrogens with zero attached hydrogens (tertiary/aromatic N) is 3. The smallest absolute Gasteiger partial charge is 0.0645 e. The van der Waals surface area contributed by atoms with E-state index in [4.69, 9.17) is 0 Å². The molecule has 128 valence electrons. The van der Waals surface area contributed by atoms with Crippen LogP contribution in [0.5, 0.6) is 0 Å². The summed E-state index contributed by atoms with van der Waals surface area (Å²) >= 11 is 0. The third-order valence-electron chi connectivity index (χ3n) is 5.11. The van der Waals surface area contributed by atoms with E-state index in [-0.39, 0.29) is 0 Å². The summed E-state index contributed by atoms with van der Waals surface area (Å²) in [6.45, 7) is 2.18. The van der Waals surface area contributed by atoms with E-state index in [1.807, 2.05) is 16.9 Å². The fraction of sp³-hybridized carbons (Fsp3) is 0.318. The standard InChI is InChI=1S/C22H25N3/c1-3-9-19(10-4-1)15-22-13-7-8-14-24(22)17-20-16-23-25(18-20)21-11-5-2-6-12-21/h1-6,9-12,16,18,22H,7-8,13-15,17H2. The number of hydrogen-bond donors (Lipinski definition) is 0. The molecule has 1 aliphatic heterocycles. The lowest BCUT2D eigenvalue weighted by molar-refractivity contribution is 0.139. The lowest BCUT2D eigenvalue weighted by Crippen LogP contribution is -2.40. The highest BCUT2D eigenvalue weighted by atomic mass is 15.3. The second kappa shape index (κ2) is 7.66. The zero-order valence-electron chi connectivity index (χ0n) is 14.6. The number of para-hydroxylation sites is 1. The van der Waals surface area contributed by atoms with Crippen molar-refractivity contribution in [2.75, 3.05) is 6.54 Å². The Balaban J connectivity index is 1.46. The molecule has 3 aromatic rings. The molecule has 3 nitrogen and oxygen atoms in total. The minimum atomic E-state index is 0.635. The van der Waals surface area contributed by atoms with Crippen molar-refractivity contribution < 1.29 is 0 Å². The maximum Gasteiger partial charge on any atom is 0.0645 e. The normalized spacial score (nSPS) is 18.3. The van der Waals surface area contributed by atoms with Gasteiger partial charge >= 0.3 is 0 Å². The van der Waals surface area contributed by atoms with Crippen LogP contribution in [0.3, 0.4) is 0 Å². The van der Waals surface area contributed by atoms with Crippen LogP contribution in [0.15, 0.2) is 73.1 Å². The third kappa shape index (κ3) is 3.99. The molecule has 1 unspecified atom stereocenters. The summed E-state index contributed by atoms with van der Waals surface area (Å²) in [6, 6.07) is 21.9. The second-order valence-electron chi connectivity index (χ2n) is 6.94. The summed E-state index contributed by atoms with van der Waals surface area (Å²) in [6.07, 6.45) is 9.27. The Morgan fingerprint density at radius 2 is 1.64 bits per heavy atom.